The molecule has 0 radical (unpaired) electrons. The average Bonchev–Trinajstić information content (AvgIpc) is 3.29. The van der Waals surface area contributed by atoms with Crippen LogP contribution in [0.2, 0.25) is 5.02 Å². The second-order valence-corrected chi connectivity index (χ2v) is 7.23. The van der Waals surface area contributed by atoms with Gasteiger partial charge in [0.05, 0.1) is 5.25 Å². The number of ketones is 1. The van der Waals surface area contributed by atoms with E-state index in [1.165, 1.54) is 24.6 Å². The molecule has 1 aliphatic carbocycles. The van der Waals surface area contributed by atoms with Crippen LogP contribution >= 0.6 is 23.4 Å². The Kier molecular flexibility index (Phi) is 4.54. The van der Waals surface area contributed by atoms with Crippen molar-refractivity contribution in [1.29, 1.82) is 0 Å². The van der Waals surface area contributed by atoms with E-state index in [1.54, 1.807) is 24.3 Å². The molecular formula is C16H18ClN3OS. The number of nitrogens with zero attached hydrogens (tertiary/aromatic N) is 3. The fourth-order valence-electron chi connectivity index (χ4n) is 2.39. The van der Waals surface area contributed by atoms with Gasteiger partial charge in [-0.1, -0.05) is 23.4 Å². The largest absolute Gasteiger partial charge is 0.306 e. The van der Waals surface area contributed by atoms with Gasteiger partial charge in [0.15, 0.2) is 10.9 Å². The quantitative estimate of drug-likeness (QED) is 0.586. The summed E-state index contributed by atoms with van der Waals surface area (Å²) in [5, 5.41) is 9.85. The van der Waals surface area contributed by atoms with Crippen LogP contribution in [0, 0.1) is 0 Å². The summed E-state index contributed by atoms with van der Waals surface area (Å²) in [6.07, 6.45) is 2.39. The van der Waals surface area contributed by atoms with Crippen molar-refractivity contribution in [3.8, 4) is 0 Å². The van der Waals surface area contributed by atoms with Gasteiger partial charge in [-0.15, -0.1) is 10.2 Å². The molecule has 22 heavy (non-hydrogen) atoms. The maximum absolute atomic E-state index is 12.5. The van der Waals surface area contributed by atoms with E-state index in [2.05, 4.69) is 21.7 Å². The number of Topliss-reactive ketones (excluding diaryl/α,β-unsaturated/α-hetero) is 1. The third kappa shape index (κ3) is 3.20. The second kappa shape index (κ2) is 6.42. The van der Waals surface area contributed by atoms with Gasteiger partial charge in [-0.2, -0.15) is 0 Å². The van der Waals surface area contributed by atoms with Crippen LogP contribution in [0.1, 0.15) is 48.8 Å². The lowest BCUT2D eigenvalue weighted by Crippen LogP contribution is -2.14. The summed E-state index contributed by atoms with van der Waals surface area (Å²) in [4.78, 5) is 12.5. The molecule has 1 aliphatic rings. The Labute approximate surface area is 139 Å². The maximum Gasteiger partial charge on any atom is 0.191 e. The number of hydrogen-bond donors (Lipinski definition) is 0. The van der Waals surface area contributed by atoms with E-state index < -0.39 is 0 Å². The van der Waals surface area contributed by atoms with Crippen molar-refractivity contribution in [2.45, 2.75) is 49.6 Å². The van der Waals surface area contributed by atoms with E-state index in [0.717, 1.165) is 17.5 Å². The first-order chi connectivity index (χ1) is 10.6. The minimum absolute atomic E-state index is 0.0836. The van der Waals surface area contributed by atoms with Gasteiger partial charge in [-0.05, 0) is 51.0 Å². The first kappa shape index (κ1) is 15.6. The van der Waals surface area contributed by atoms with Gasteiger partial charge >= 0.3 is 0 Å². The molecule has 1 fully saturated rings. The van der Waals surface area contributed by atoms with E-state index in [4.69, 9.17) is 11.6 Å². The molecule has 0 aliphatic heterocycles. The lowest BCUT2D eigenvalue weighted by Gasteiger charge is -2.11. The summed E-state index contributed by atoms with van der Waals surface area (Å²) in [7, 11) is 0. The highest BCUT2D eigenvalue weighted by atomic mass is 35.5. The Bertz CT molecular complexity index is 679. The van der Waals surface area contributed by atoms with Crippen LogP contribution in [0.15, 0.2) is 29.4 Å². The van der Waals surface area contributed by atoms with Crippen molar-refractivity contribution in [2.75, 3.05) is 0 Å². The summed E-state index contributed by atoms with van der Waals surface area (Å²) in [5.74, 6) is 1.71. The highest BCUT2D eigenvalue weighted by Gasteiger charge is 2.30. The van der Waals surface area contributed by atoms with E-state index in [9.17, 15) is 4.79 Å². The van der Waals surface area contributed by atoms with Crippen molar-refractivity contribution in [3.05, 3.63) is 40.7 Å². The number of aromatic nitrogens is 3. The molecule has 6 heteroatoms. The molecule has 1 unspecified atom stereocenters. The number of thioether (sulfide) groups is 1. The van der Waals surface area contributed by atoms with Crippen LogP contribution in [0.4, 0.5) is 0 Å². The molecule has 1 aromatic carbocycles. The molecule has 1 saturated carbocycles. The molecule has 116 valence electrons. The molecule has 2 aromatic rings. The molecule has 4 nitrogen and oxygen atoms in total. The topological polar surface area (TPSA) is 47.8 Å². The van der Waals surface area contributed by atoms with E-state index in [-0.39, 0.29) is 11.0 Å². The minimum atomic E-state index is -0.206. The molecule has 0 bridgehead atoms. The average molecular weight is 336 g/mol. The van der Waals surface area contributed by atoms with E-state index in [0.29, 0.717) is 16.5 Å². The minimum Gasteiger partial charge on any atom is -0.306 e. The molecule has 0 N–H and O–H groups in total. The normalized spacial score (nSPS) is 15.8. The van der Waals surface area contributed by atoms with Gasteiger partial charge in [0.1, 0.15) is 5.82 Å². The predicted molar refractivity (Wildman–Crippen MR) is 88.8 cm³/mol. The standard InChI is InChI=1S/C16H18ClN3OS/c1-3-20-15(12-4-5-12)18-19-16(20)22-10(2)14(21)11-6-8-13(17)9-7-11/h6-10,12H,3-5H2,1-2H3. The highest BCUT2D eigenvalue weighted by molar-refractivity contribution is 8.00. The van der Waals surface area contributed by atoms with Crippen LogP contribution in [0.5, 0.6) is 0 Å². The third-order valence-electron chi connectivity index (χ3n) is 3.78. The van der Waals surface area contributed by atoms with Crippen molar-refractivity contribution >= 4 is 29.1 Å². The summed E-state index contributed by atoms with van der Waals surface area (Å²) in [5.41, 5.74) is 0.675. The zero-order valence-electron chi connectivity index (χ0n) is 12.6. The Hall–Kier alpha value is -1.33. The van der Waals surface area contributed by atoms with Crippen LogP contribution in [0.3, 0.4) is 0 Å². The first-order valence-electron chi connectivity index (χ1n) is 7.49. The van der Waals surface area contributed by atoms with E-state index in [1.807, 2.05) is 6.92 Å². The summed E-state index contributed by atoms with van der Waals surface area (Å²) >= 11 is 7.34. The molecule has 0 saturated heterocycles. The van der Waals surface area contributed by atoms with Crippen molar-refractivity contribution in [1.82, 2.24) is 14.8 Å². The monoisotopic (exact) mass is 335 g/mol. The Morgan fingerprint density at radius 2 is 2.05 bits per heavy atom. The first-order valence-corrected chi connectivity index (χ1v) is 8.75. The second-order valence-electron chi connectivity index (χ2n) is 5.49. The van der Waals surface area contributed by atoms with Crippen molar-refractivity contribution < 1.29 is 4.79 Å². The van der Waals surface area contributed by atoms with Gasteiger partial charge < -0.3 is 4.57 Å². The fourth-order valence-corrected chi connectivity index (χ4v) is 3.51. The lowest BCUT2D eigenvalue weighted by atomic mass is 10.1. The molecule has 0 amide bonds. The number of halogens is 1. The SMILES string of the molecule is CCn1c(SC(C)C(=O)c2ccc(Cl)cc2)nnc1C1CC1. The number of hydrogen-bond acceptors (Lipinski definition) is 4. The fraction of sp³-hybridized carbons (Fsp3) is 0.438. The van der Waals surface area contributed by atoms with Gasteiger partial charge in [-0.3, -0.25) is 4.79 Å². The van der Waals surface area contributed by atoms with Crippen LogP contribution in [0.25, 0.3) is 0 Å². The molecular weight excluding hydrogens is 318 g/mol. The summed E-state index contributed by atoms with van der Waals surface area (Å²) in [6, 6.07) is 7.02. The van der Waals surface area contributed by atoms with Gasteiger partial charge in [0.25, 0.3) is 0 Å². The Morgan fingerprint density at radius 3 is 2.64 bits per heavy atom. The maximum atomic E-state index is 12.5. The zero-order valence-corrected chi connectivity index (χ0v) is 14.2. The van der Waals surface area contributed by atoms with Crippen LogP contribution in [-0.4, -0.2) is 25.8 Å². The predicted octanol–water partition coefficient (Wildman–Crippen LogP) is 4.19. The number of carbonyl (C=O) groups excluding carboxylic acids is 1. The van der Waals surface area contributed by atoms with Crippen LogP contribution < -0.4 is 0 Å². The summed E-state index contributed by atoms with van der Waals surface area (Å²) in [6.45, 7) is 4.83. The molecule has 1 heterocycles. The smallest absolute Gasteiger partial charge is 0.191 e. The molecule has 3 rings (SSSR count). The lowest BCUT2D eigenvalue weighted by molar-refractivity contribution is 0.0994. The van der Waals surface area contributed by atoms with Gasteiger partial charge in [0, 0.05) is 23.0 Å². The Balaban J connectivity index is 1.74. The van der Waals surface area contributed by atoms with Crippen molar-refractivity contribution in [3.63, 3.8) is 0 Å². The molecule has 0 spiro atoms. The summed E-state index contributed by atoms with van der Waals surface area (Å²) < 4.78 is 2.13. The van der Waals surface area contributed by atoms with Gasteiger partial charge in [-0.25, -0.2) is 0 Å². The Morgan fingerprint density at radius 1 is 1.36 bits per heavy atom. The van der Waals surface area contributed by atoms with Crippen molar-refractivity contribution in [2.24, 2.45) is 0 Å². The highest BCUT2D eigenvalue weighted by Crippen LogP contribution is 2.40. The molecule has 1 aromatic heterocycles. The van der Waals surface area contributed by atoms with E-state index >= 15 is 0 Å². The molecule has 1 atom stereocenters. The number of carbonyl (C=O) groups is 1. The third-order valence-corrected chi connectivity index (χ3v) is 5.12. The van der Waals surface area contributed by atoms with Crippen LogP contribution in [-0.2, 0) is 6.54 Å². The number of rotatable bonds is 6. The van der Waals surface area contributed by atoms with Gasteiger partial charge in [0.2, 0.25) is 0 Å². The number of benzene rings is 1. The zero-order chi connectivity index (χ0) is 15.7.